The monoisotopic (exact) mass is 336 g/mol. The largest absolute Gasteiger partial charge is 0.463 e. The van der Waals surface area contributed by atoms with E-state index in [1.54, 1.807) is 0 Å². The maximum Gasteiger partial charge on any atom is 0.347 e. The quantitative estimate of drug-likeness (QED) is 0.453. The first-order chi connectivity index (χ1) is 11.6. The minimum absolute atomic E-state index is 0.0263. The van der Waals surface area contributed by atoms with Crippen LogP contribution in [0, 0.1) is 10.1 Å². The first kappa shape index (κ1) is 16.2. The molecule has 0 saturated carbocycles. The molecule has 2 aliphatic heterocycles. The smallest absolute Gasteiger partial charge is 0.347 e. The molecule has 1 atom stereocenters. The van der Waals surface area contributed by atoms with Gasteiger partial charge in [-0.15, -0.1) is 0 Å². The number of rotatable bonds is 4. The number of benzene rings is 1. The van der Waals surface area contributed by atoms with Gasteiger partial charge in [-0.1, -0.05) is 0 Å². The molecule has 2 fully saturated rings. The Kier molecular flexibility index (Phi) is 4.61. The second-order valence-electron chi connectivity index (χ2n) is 5.41. The molecule has 0 bridgehead atoms. The summed E-state index contributed by atoms with van der Waals surface area (Å²) in [4.78, 5) is 36.1. The van der Waals surface area contributed by atoms with Gasteiger partial charge in [-0.05, 0) is 12.1 Å². The molecule has 0 amide bonds. The first-order valence-electron chi connectivity index (χ1n) is 7.55. The molecular weight excluding hydrogens is 320 g/mol. The first-order valence-corrected chi connectivity index (χ1v) is 7.55. The van der Waals surface area contributed by atoms with E-state index in [0.29, 0.717) is 38.4 Å². The molecule has 1 aromatic rings. The van der Waals surface area contributed by atoms with Gasteiger partial charge in [0, 0.05) is 25.6 Å². The van der Waals surface area contributed by atoms with Gasteiger partial charge in [0.15, 0.2) is 0 Å². The van der Waals surface area contributed by atoms with E-state index >= 15 is 0 Å². The normalized spacial score (nSPS) is 20.6. The molecule has 9 heteroatoms. The van der Waals surface area contributed by atoms with E-state index in [0.717, 1.165) is 0 Å². The van der Waals surface area contributed by atoms with Crippen molar-refractivity contribution >= 4 is 23.3 Å². The number of morpholine rings is 1. The summed E-state index contributed by atoms with van der Waals surface area (Å²) in [6.45, 7) is 2.26. The highest BCUT2D eigenvalue weighted by Crippen LogP contribution is 2.30. The molecule has 0 aromatic heterocycles. The third-order valence-electron chi connectivity index (χ3n) is 3.90. The van der Waals surface area contributed by atoms with Crippen LogP contribution in [0.5, 0.6) is 0 Å². The summed E-state index contributed by atoms with van der Waals surface area (Å²) in [5.74, 6) is -1.38. The minimum atomic E-state index is -0.949. The molecule has 0 spiro atoms. The summed E-state index contributed by atoms with van der Waals surface area (Å²) < 4.78 is 15.0. The summed E-state index contributed by atoms with van der Waals surface area (Å²) in [7, 11) is 0. The van der Waals surface area contributed by atoms with Crippen LogP contribution in [0.3, 0.4) is 0 Å². The SMILES string of the molecule is O=C(O[C@@H]1CCOC1=O)c1ccc(N2CCOCC2)c([N+](=O)[O-])c1. The number of anilines is 1. The lowest BCUT2D eigenvalue weighted by atomic mass is 10.1. The Bertz CT molecular complexity index is 670. The summed E-state index contributed by atoms with van der Waals surface area (Å²) in [6.07, 6.45) is -0.658. The second-order valence-corrected chi connectivity index (χ2v) is 5.41. The molecule has 2 heterocycles. The van der Waals surface area contributed by atoms with Crippen molar-refractivity contribution in [3.63, 3.8) is 0 Å². The Morgan fingerprint density at radius 1 is 1.29 bits per heavy atom. The number of hydrogen-bond acceptors (Lipinski definition) is 8. The van der Waals surface area contributed by atoms with E-state index in [2.05, 4.69) is 0 Å². The van der Waals surface area contributed by atoms with E-state index < -0.39 is 23.0 Å². The van der Waals surface area contributed by atoms with Crippen LogP contribution < -0.4 is 4.90 Å². The number of ether oxygens (including phenoxy) is 3. The number of nitro groups is 1. The second kappa shape index (κ2) is 6.83. The Labute approximate surface area is 137 Å². The zero-order valence-corrected chi connectivity index (χ0v) is 12.8. The Hall–Kier alpha value is -2.68. The highest BCUT2D eigenvalue weighted by molar-refractivity contribution is 5.93. The van der Waals surface area contributed by atoms with E-state index in [1.807, 2.05) is 4.90 Å². The summed E-state index contributed by atoms with van der Waals surface area (Å²) in [5, 5.41) is 11.4. The number of nitrogens with zero attached hydrogens (tertiary/aromatic N) is 2. The fraction of sp³-hybridized carbons (Fsp3) is 0.467. The van der Waals surface area contributed by atoms with Crippen molar-refractivity contribution in [2.24, 2.45) is 0 Å². The van der Waals surface area contributed by atoms with Crippen molar-refractivity contribution in [3.05, 3.63) is 33.9 Å². The molecule has 0 N–H and O–H groups in total. The van der Waals surface area contributed by atoms with Gasteiger partial charge in [-0.3, -0.25) is 10.1 Å². The van der Waals surface area contributed by atoms with Gasteiger partial charge < -0.3 is 19.1 Å². The van der Waals surface area contributed by atoms with Gasteiger partial charge in [0.25, 0.3) is 5.69 Å². The van der Waals surface area contributed by atoms with Crippen molar-refractivity contribution in [2.45, 2.75) is 12.5 Å². The van der Waals surface area contributed by atoms with E-state index in [1.165, 1.54) is 18.2 Å². The maximum absolute atomic E-state index is 12.1. The van der Waals surface area contributed by atoms with Crippen LogP contribution in [0.25, 0.3) is 0 Å². The van der Waals surface area contributed by atoms with Crippen LogP contribution in [-0.2, 0) is 19.0 Å². The average Bonchev–Trinajstić information content (AvgIpc) is 3.00. The Morgan fingerprint density at radius 2 is 2.04 bits per heavy atom. The van der Waals surface area contributed by atoms with Crippen LogP contribution in [0.4, 0.5) is 11.4 Å². The molecule has 0 unspecified atom stereocenters. The van der Waals surface area contributed by atoms with Gasteiger partial charge >= 0.3 is 11.9 Å². The van der Waals surface area contributed by atoms with E-state index in [9.17, 15) is 19.7 Å². The Balaban J connectivity index is 1.81. The fourth-order valence-corrected chi connectivity index (χ4v) is 2.65. The topological polar surface area (TPSA) is 108 Å². The third-order valence-corrected chi connectivity index (χ3v) is 3.90. The molecule has 24 heavy (non-hydrogen) atoms. The average molecular weight is 336 g/mol. The lowest BCUT2D eigenvalue weighted by Gasteiger charge is -2.28. The van der Waals surface area contributed by atoms with Crippen LogP contribution in [0.15, 0.2) is 18.2 Å². The zero-order valence-electron chi connectivity index (χ0n) is 12.8. The van der Waals surface area contributed by atoms with Crippen LogP contribution in [0.2, 0.25) is 0 Å². The highest BCUT2D eigenvalue weighted by atomic mass is 16.6. The summed E-state index contributed by atoms with van der Waals surface area (Å²) in [6, 6.07) is 4.15. The van der Waals surface area contributed by atoms with Crippen LogP contribution in [0.1, 0.15) is 16.8 Å². The maximum atomic E-state index is 12.1. The molecule has 3 rings (SSSR count). The number of esters is 2. The predicted molar refractivity (Wildman–Crippen MR) is 80.9 cm³/mol. The predicted octanol–water partition coefficient (Wildman–Crippen LogP) is 0.904. The van der Waals surface area contributed by atoms with Gasteiger partial charge in [0.1, 0.15) is 5.69 Å². The molecule has 0 radical (unpaired) electrons. The molecule has 9 nitrogen and oxygen atoms in total. The summed E-state index contributed by atoms with van der Waals surface area (Å²) in [5.41, 5.74) is 0.277. The van der Waals surface area contributed by atoms with Crippen LogP contribution >= 0.6 is 0 Å². The van der Waals surface area contributed by atoms with Crippen LogP contribution in [-0.4, -0.2) is 55.9 Å². The number of cyclic esters (lactones) is 1. The Morgan fingerprint density at radius 3 is 2.67 bits per heavy atom. The van der Waals surface area contributed by atoms with Gasteiger partial charge in [0.2, 0.25) is 6.10 Å². The van der Waals surface area contributed by atoms with Crippen molar-refractivity contribution in [1.82, 2.24) is 0 Å². The highest BCUT2D eigenvalue weighted by Gasteiger charge is 2.31. The molecule has 2 saturated heterocycles. The van der Waals surface area contributed by atoms with Gasteiger partial charge in [-0.2, -0.15) is 0 Å². The third kappa shape index (κ3) is 3.30. The summed E-state index contributed by atoms with van der Waals surface area (Å²) >= 11 is 0. The van der Waals surface area contributed by atoms with E-state index in [-0.39, 0.29) is 17.9 Å². The van der Waals surface area contributed by atoms with Gasteiger partial charge in [-0.25, -0.2) is 9.59 Å². The number of carbonyl (C=O) groups excluding carboxylic acids is 2. The molecular formula is C15H16N2O7. The lowest BCUT2D eigenvalue weighted by molar-refractivity contribution is -0.384. The molecule has 1 aromatic carbocycles. The van der Waals surface area contributed by atoms with Crippen molar-refractivity contribution in [3.8, 4) is 0 Å². The van der Waals surface area contributed by atoms with Crippen molar-refractivity contribution in [2.75, 3.05) is 37.8 Å². The standard InChI is InChI=1S/C15H16N2O7/c18-14(24-13-3-6-23-15(13)19)10-1-2-11(12(9-10)17(20)21)16-4-7-22-8-5-16/h1-2,9,13H,3-8H2/t13-/m1/s1. The minimum Gasteiger partial charge on any atom is -0.463 e. The zero-order chi connectivity index (χ0) is 17.1. The lowest BCUT2D eigenvalue weighted by Crippen LogP contribution is -2.36. The fourth-order valence-electron chi connectivity index (χ4n) is 2.65. The number of hydrogen-bond donors (Lipinski definition) is 0. The molecule has 128 valence electrons. The van der Waals surface area contributed by atoms with Crippen molar-refractivity contribution < 1.29 is 28.7 Å². The van der Waals surface area contributed by atoms with Crippen molar-refractivity contribution in [1.29, 1.82) is 0 Å². The molecule has 2 aliphatic rings. The number of carbonyl (C=O) groups is 2. The van der Waals surface area contributed by atoms with E-state index in [4.69, 9.17) is 14.2 Å². The van der Waals surface area contributed by atoms with Gasteiger partial charge in [0.05, 0.1) is 30.3 Å². The molecule has 0 aliphatic carbocycles. The number of nitro benzene ring substituents is 1.